The Balaban J connectivity index is 1.32. The van der Waals surface area contributed by atoms with Crippen LogP contribution in [-0.4, -0.2) is 52.2 Å². The first-order chi connectivity index (χ1) is 16.4. The van der Waals surface area contributed by atoms with Crippen LogP contribution in [-0.2, 0) is 14.3 Å². The molecule has 2 aromatic rings. The quantitative estimate of drug-likeness (QED) is 0.691. The number of amides is 2. The van der Waals surface area contributed by atoms with Crippen molar-refractivity contribution in [2.24, 2.45) is 0 Å². The molecule has 1 atom stereocenters. The number of ether oxygens (including phenoxy) is 1. The number of nitrogens with zero attached hydrogens (tertiary/aromatic N) is 1. The lowest BCUT2D eigenvalue weighted by molar-refractivity contribution is -0.158. The van der Waals surface area contributed by atoms with Crippen molar-refractivity contribution < 1.29 is 24.2 Å². The molecule has 1 heterocycles. The van der Waals surface area contributed by atoms with Gasteiger partial charge >= 0.3 is 12.1 Å². The van der Waals surface area contributed by atoms with E-state index < -0.39 is 23.1 Å². The summed E-state index contributed by atoms with van der Waals surface area (Å²) >= 11 is 0. The number of carbonyl (C=O) groups excluding carboxylic acids is 2. The standard InChI is InChI=1S/C27H30N2O5/c1-26(24(31)32)13-8-16-29(26)23(30)27(14-6-7-15-27)28-25(33)34-17-22-20-11-4-2-9-18(20)19-10-3-5-12-21(19)22/h2-5,9-12,22H,6-8,13-17H2,1H3,(H,28,33)(H,31,32)/t26-/m0/s1. The Labute approximate surface area is 199 Å². The monoisotopic (exact) mass is 462 g/mol. The molecule has 2 amide bonds. The first-order valence-electron chi connectivity index (χ1n) is 12.0. The highest BCUT2D eigenvalue weighted by Gasteiger charge is 2.53. The van der Waals surface area contributed by atoms with Gasteiger partial charge in [0.05, 0.1) is 0 Å². The minimum Gasteiger partial charge on any atom is -0.480 e. The molecule has 3 aliphatic rings. The molecule has 2 fully saturated rings. The number of carboxylic acids is 1. The number of likely N-dealkylation sites (tertiary alicyclic amines) is 1. The lowest BCUT2D eigenvalue weighted by atomic mass is 9.92. The molecule has 34 heavy (non-hydrogen) atoms. The summed E-state index contributed by atoms with van der Waals surface area (Å²) in [7, 11) is 0. The van der Waals surface area contributed by atoms with Gasteiger partial charge in [-0.3, -0.25) is 4.79 Å². The van der Waals surface area contributed by atoms with Gasteiger partial charge < -0.3 is 20.1 Å². The molecule has 7 nitrogen and oxygen atoms in total. The highest BCUT2D eigenvalue weighted by Crippen LogP contribution is 2.44. The minimum atomic E-state index is -1.24. The van der Waals surface area contributed by atoms with Gasteiger partial charge in [0, 0.05) is 12.5 Å². The highest BCUT2D eigenvalue weighted by molar-refractivity contribution is 5.95. The molecule has 7 heteroatoms. The Morgan fingerprint density at radius 3 is 2.15 bits per heavy atom. The lowest BCUT2D eigenvalue weighted by Gasteiger charge is -2.38. The van der Waals surface area contributed by atoms with Gasteiger partial charge in [0.1, 0.15) is 17.7 Å². The highest BCUT2D eigenvalue weighted by atomic mass is 16.5. The van der Waals surface area contributed by atoms with Gasteiger partial charge in [-0.2, -0.15) is 0 Å². The van der Waals surface area contributed by atoms with Gasteiger partial charge in [0.2, 0.25) is 5.91 Å². The number of carboxylic acid groups (broad SMARTS) is 1. The zero-order valence-corrected chi connectivity index (χ0v) is 19.4. The predicted molar refractivity (Wildman–Crippen MR) is 126 cm³/mol. The van der Waals surface area contributed by atoms with E-state index in [-0.39, 0.29) is 18.4 Å². The Morgan fingerprint density at radius 1 is 0.971 bits per heavy atom. The fourth-order valence-electron chi connectivity index (χ4n) is 5.97. The molecule has 0 bridgehead atoms. The van der Waals surface area contributed by atoms with Gasteiger partial charge in [-0.1, -0.05) is 61.4 Å². The average molecular weight is 463 g/mol. The molecule has 178 valence electrons. The number of hydrogen-bond acceptors (Lipinski definition) is 4. The maximum atomic E-state index is 13.6. The normalized spacial score (nSPS) is 22.8. The van der Waals surface area contributed by atoms with E-state index in [1.54, 1.807) is 6.92 Å². The zero-order chi connectivity index (χ0) is 23.9. The minimum absolute atomic E-state index is 0.0673. The summed E-state index contributed by atoms with van der Waals surface area (Å²) in [4.78, 5) is 40.0. The first kappa shape index (κ1) is 22.4. The first-order valence-corrected chi connectivity index (χ1v) is 12.0. The Bertz CT molecular complexity index is 1090. The SMILES string of the molecule is C[C@@]1(C(=O)O)CCCN1C(=O)C1(NC(=O)OCC2c3ccccc3-c3ccccc32)CCCC1. The van der Waals surface area contributed by atoms with Crippen molar-refractivity contribution in [3.05, 3.63) is 59.7 Å². The van der Waals surface area contributed by atoms with Crippen molar-refractivity contribution >= 4 is 18.0 Å². The molecule has 2 aromatic carbocycles. The molecule has 1 aliphatic heterocycles. The van der Waals surface area contributed by atoms with E-state index in [4.69, 9.17) is 4.74 Å². The summed E-state index contributed by atoms with van der Waals surface area (Å²) in [5.41, 5.74) is 2.20. The second kappa shape index (κ2) is 8.46. The number of nitrogens with one attached hydrogen (secondary N) is 1. The summed E-state index contributed by atoms with van der Waals surface area (Å²) in [5.74, 6) is -1.38. The van der Waals surface area contributed by atoms with E-state index in [0.29, 0.717) is 32.2 Å². The van der Waals surface area contributed by atoms with Crippen LogP contribution in [0.25, 0.3) is 11.1 Å². The fourth-order valence-corrected chi connectivity index (χ4v) is 5.97. The van der Waals surface area contributed by atoms with Crippen molar-refractivity contribution in [1.82, 2.24) is 10.2 Å². The molecule has 5 rings (SSSR count). The van der Waals surface area contributed by atoms with Crippen LogP contribution in [0.3, 0.4) is 0 Å². The van der Waals surface area contributed by atoms with Crippen LogP contribution in [0.4, 0.5) is 4.79 Å². The molecule has 0 aromatic heterocycles. The van der Waals surface area contributed by atoms with E-state index in [1.165, 1.54) is 4.90 Å². The van der Waals surface area contributed by atoms with E-state index in [2.05, 4.69) is 29.6 Å². The van der Waals surface area contributed by atoms with Gasteiger partial charge in [-0.05, 0) is 54.9 Å². The molecule has 0 radical (unpaired) electrons. The molecule has 0 unspecified atom stereocenters. The number of rotatable bonds is 5. The molecule has 1 saturated heterocycles. The molecular weight excluding hydrogens is 432 g/mol. The van der Waals surface area contributed by atoms with Crippen molar-refractivity contribution in [3.8, 4) is 11.1 Å². The zero-order valence-electron chi connectivity index (χ0n) is 19.4. The van der Waals surface area contributed by atoms with E-state index in [0.717, 1.165) is 35.1 Å². The van der Waals surface area contributed by atoms with Crippen molar-refractivity contribution in [1.29, 1.82) is 0 Å². The van der Waals surface area contributed by atoms with Crippen molar-refractivity contribution in [2.45, 2.75) is 62.4 Å². The molecule has 2 aliphatic carbocycles. The average Bonchev–Trinajstić information content (AvgIpc) is 3.54. The third-order valence-electron chi connectivity index (χ3n) is 7.90. The number of aliphatic carboxylic acids is 1. The second-order valence-corrected chi connectivity index (χ2v) is 9.88. The van der Waals surface area contributed by atoms with Crippen LogP contribution in [0, 0.1) is 0 Å². The van der Waals surface area contributed by atoms with Crippen LogP contribution in [0.15, 0.2) is 48.5 Å². The van der Waals surface area contributed by atoms with Crippen LogP contribution in [0.1, 0.15) is 62.5 Å². The third kappa shape index (κ3) is 3.54. The van der Waals surface area contributed by atoms with E-state index in [1.807, 2.05) is 24.3 Å². The largest absolute Gasteiger partial charge is 0.480 e. The second-order valence-electron chi connectivity index (χ2n) is 9.88. The number of hydrogen-bond donors (Lipinski definition) is 2. The van der Waals surface area contributed by atoms with E-state index >= 15 is 0 Å². The molecular formula is C27H30N2O5. The maximum absolute atomic E-state index is 13.6. The Kier molecular flexibility index (Phi) is 5.58. The van der Waals surface area contributed by atoms with Crippen LogP contribution >= 0.6 is 0 Å². The van der Waals surface area contributed by atoms with Crippen LogP contribution in [0.5, 0.6) is 0 Å². The molecule has 0 spiro atoms. The van der Waals surface area contributed by atoms with Crippen molar-refractivity contribution in [2.75, 3.05) is 13.2 Å². The lowest BCUT2D eigenvalue weighted by Crippen LogP contribution is -2.63. The fraction of sp³-hybridized carbons (Fsp3) is 0.444. The van der Waals surface area contributed by atoms with Gasteiger partial charge in [-0.25, -0.2) is 9.59 Å². The third-order valence-corrected chi connectivity index (χ3v) is 7.90. The summed E-state index contributed by atoms with van der Waals surface area (Å²) in [6.45, 7) is 2.15. The maximum Gasteiger partial charge on any atom is 0.408 e. The smallest absolute Gasteiger partial charge is 0.408 e. The summed E-state index contributed by atoms with van der Waals surface area (Å²) < 4.78 is 5.70. The van der Waals surface area contributed by atoms with Gasteiger partial charge in [-0.15, -0.1) is 0 Å². The van der Waals surface area contributed by atoms with E-state index in [9.17, 15) is 19.5 Å². The van der Waals surface area contributed by atoms with Gasteiger partial charge in [0.25, 0.3) is 0 Å². The van der Waals surface area contributed by atoms with Gasteiger partial charge in [0.15, 0.2) is 0 Å². The number of alkyl carbamates (subject to hydrolysis) is 1. The number of benzene rings is 2. The Hall–Kier alpha value is -3.35. The van der Waals surface area contributed by atoms with Crippen molar-refractivity contribution in [3.63, 3.8) is 0 Å². The number of carbonyl (C=O) groups is 3. The topological polar surface area (TPSA) is 95.9 Å². The summed E-state index contributed by atoms with van der Waals surface area (Å²) in [6.07, 6.45) is 2.99. The summed E-state index contributed by atoms with van der Waals surface area (Å²) in [5, 5.41) is 12.6. The van der Waals surface area contributed by atoms with Crippen LogP contribution < -0.4 is 5.32 Å². The predicted octanol–water partition coefficient (Wildman–Crippen LogP) is 4.30. The number of fused-ring (bicyclic) bond motifs is 3. The molecule has 2 N–H and O–H groups in total. The summed E-state index contributed by atoms with van der Waals surface area (Å²) in [6, 6.07) is 16.3. The molecule has 1 saturated carbocycles. The van der Waals surface area contributed by atoms with Crippen LogP contribution in [0.2, 0.25) is 0 Å². The Morgan fingerprint density at radius 2 is 1.56 bits per heavy atom.